The quantitative estimate of drug-likeness (QED) is 0.245. The molecule has 0 fully saturated rings. The summed E-state index contributed by atoms with van der Waals surface area (Å²) in [7, 11) is 0. The van der Waals surface area contributed by atoms with Crippen molar-refractivity contribution in [3.8, 4) is 0 Å². The number of Topliss-reactive ketones (excluding diaryl/α,β-unsaturated/α-hetero) is 1. The van der Waals surface area contributed by atoms with E-state index in [1.165, 1.54) is 18.2 Å². The third-order valence-corrected chi connectivity index (χ3v) is 4.47. The minimum absolute atomic E-state index is 0.0409. The predicted molar refractivity (Wildman–Crippen MR) is 110 cm³/mol. The first-order valence-corrected chi connectivity index (χ1v) is 9.16. The first kappa shape index (κ1) is 20.2. The lowest BCUT2D eigenvalue weighted by Crippen LogP contribution is -2.46. The molecule has 0 bridgehead atoms. The third kappa shape index (κ3) is 4.30. The van der Waals surface area contributed by atoms with Crippen LogP contribution in [0.1, 0.15) is 24.1 Å². The Bertz CT molecular complexity index is 1020. The van der Waals surface area contributed by atoms with Gasteiger partial charge in [0.2, 0.25) is 0 Å². The van der Waals surface area contributed by atoms with E-state index in [1.54, 1.807) is 37.3 Å². The van der Waals surface area contributed by atoms with Gasteiger partial charge < -0.3 is 15.4 Å². The van der Waals surface area contributed by atoms with Crippen LogP contribution in [0.4, 0.5) is 5.69 Å². The molecule has 0 saturated heterocycles. The molecule has 2 N–H and O–H groups in total. The summed E-state index contributed by atoms with van der Waals surface area (Å²) in [5.74, 6) is -1.87. The maximum Gasteiger partial charge on any atom is 0.379 e. The number of ether oxygens (including phenoxy) is 1. The molecule has 1 atom stereocenters. The number of rotatable bonds is 6. The zero-order valence-electron chi connectivity index (χ0n) is 15.4. The number of carbonyl (C=O) groups is 2. The summed E-state index contributed by atoms with van der Waals surface area (Å²) in [6.45, 7) is 1.64. The highest BCUT2D eigenvalue weighted by atomic mass is 32.1. The Morgan fingerprint density at radius 2 is 1.90 bits per heavy atom. The highest BCUT2D eigenvalue weighted by Crippen LogP contribution is 2.33. The number of esters is 1. The topological polar surface area (TPSA) is 111 Å². The number of nitro benzene ring substituents is 1. The van der Waals surface area contributed by atoms with Crippen molar-refractivity contribution >= 4 is 40.5 Å². The number of nitrogens with zero attached hydrogens (tertiary/aromatic N) is 1. The van der Waals surface area contributed by atoms with Crippen LogP contribution in [0.3, 0.4) is 0 Å². The molecule has 9 heteroatoms. The smallest absolute Gasteiger partial charge is 0.379 e. The molecule has 0 unspecified atom stereocenters. The largest absolute Gasteiger partial charge is 0.460 e. The Balaban J connectivity index is 2.21. The van der Waals surface area contributed by atoms with E-state index in [0.717, 1.165) is 0 Å². The van der Waals surface area contributed by atoms with Crippen LogP contribution < -0.4 is 10.6 Å². The Kier molecular flexibility index (Phi) is 5.99. The SMILES string of the molecule is CCOC(=O)C(=O)C1=C(c2ccccc2)NC(=S)N[C@@H]1c1cccc([N+](=O)[O-])c1. The van der Waals surface area contributed by atoms with E-state index in [1.807, 2.05) is 6.07 Å². The maximum atomic E-state index is 13.0. The van der Waals surface area contributed by atoms with Gasteiger partial charge in [-0.05, 0) is 30.3 Å². The maximum absolute atomic E-state index is 13.0. The first-order valence-electron chi connectivity index (χ1n) is 8.75. The lowest BCUT2D eigenvalue weighted by molar-refractivity contribution is -0.384. The normalized spacial score (nSPS) is 15.9. The molecule has 29 heavy (non-hydrogen) atoms. The standard InChI is InChI=1S/C20H17N3O5S/c1-2-28-19(25)18(24)15-16(12-7-4-3-5-8-12)21-20(29)22-17(15)13-9-6-10-14(11-13)23(26)27/h3-11,17H,2H2,1H3,(H2,21,22,29)/t17-/m1/s1. The number of non-ortho nitro benzene ring substituents is 1. The van der Waals surface area contributed by atoms with E-state index < -0.39 is 22.7 Å². The molecule has 2 aromatic rings. The number of carbonyl (C=O) groups excluding carboxylic acids is 2. The second-order valence-corrected chi connectivity index (χ2v) is 6.50. The van der Waals surface area contributed by atoms with Crippen molar-refractivity contribution in [2.45, 2.75) is 13.0 Å². The van der Waals surface area contributed by atoms with Crippen LogP contribution in [0, 0.1) is 10.1 Å². The summed E-state index contributed by atoms with van der Waals surface area (Å²) in [6, 6.07) is 13.9. The van der Waals surface area contributed by atoms with E-state index in [9.17, 15) is 19.7 Å². The zero-order chi connectivity index (χ0) is 21.0. The van der Waals surface area contributed by atoms with Gasteiger partial charge in [0, 0.05) is 12.1 Å². The average Bonchev–Trinajstić information content (AvgIpc) is 2.73. The van der Waals surface area contributed by atoms with Gasteiger partial charge in [-0.1, -0.05) is 42.5 Å². The van der Waals surface area contributed by atoms with Gasteiger partial charge in [-0.15, -0.1) is 0 Å². The molecule has 1 heterocycles. The molecule has 0 aromatic heterocycles. The molecule has 0 aliphatic carbocycles. The second-order valence-electron chi connectivity index (χ2n) is 6.09. The van der Waals surface area contributed by atoms with Crippen LogP contribution in [0.5, 0.6) is 0 Å². The van der Waals surface area contributed by atoms with Crippen LogP contribution in [0.2, 0.25) is 0 Å². The second kappa shape index (κ2) is 8.61. The van der Waals surface area contributed by atoms with Gasteiger partial charge in [0.05, 0.1) is 28.8 Å². The predicted octanol–water partition coefficient (Wildman–Crippen LogP) is 2.66. The minimum atomic E-state index is -1.01. The number of nitro groups is 1. The molecule has 0 saturated carbocycles. The monoisotopic (exact) mass is 411 g/mol. The Hall–Kier alpha value is -3.59. The van der Waals surface area contributed by atoms with Crippen LogP contribution in [0.15, 0.2) is 60.2 Å². The summed E-state index contributed by atoms with van der Waals surface area (Å²) in [5.41, 5.74) is 1.34. The highest BCUT2D eigenvalue weighted by Gasteiger charge is 2.36. The fourth-order valence-electron chi connectivity index (χ4n) is 3.02. The molecule has 1 aliphatic rings. The Labute approximate surface area is 171 Å². The summed E-state index contributed by atoms with van der Waals surface area (Å²) in [5, 5.41) is 17.3. The van der Waals surface area contributed by atoms with Gasteiger partial charge >= 0.3 is 5.97 Å². The van der Waals surface area contributed by atoms with Gasteiger partial charge in [0.15, 0.2) is 5.11 Å². The van der Waals surface area contributed by atoms with E-state index in [0.29, 0.717) is 16.8 Å². The van der Waals surface area contributed by atoms with Crippen molar-refractivity contribution in [3.05, 3.63) is 81.4 Å². The average molecular weight is 411 g/mol. The minimum Gasteiger partial charge on any atom is -0.460 e. The number of hydrogen-bond acceptors (Lipinski definition) is 6. The van der Waals surface area contributed by atoms with Crippen LogP contribution in [-0.2, 0) is 14.3 Å². The fraction of sp³-hybridized carbons (Fsp3) is 0.150. The van der Waals surface area contributed by atoms with Gasteiger partial charge in [0.1, 0.15) is 0 Å². The molecule has 0 amide bonds. The number of nitrogens with one attached hydrogen (secondary N) is 2. The molecule has 8 nitrogen and oxygen atoms in total. The zero-order valence-corrected chi connectivity index (χ0v) is 16.2. The number of benzene rings is 2. The Morgan fingerprint density at radius 1 is 1.17 bits per heavy atom. The summed E-state index contributed by atoms with van der Waals surface area (Å²) < 4.78 is 4.89. The molecular weight excluding hydrogens is 394 g/mol. The number of hydrogen-bond donors (Lipinski definition) is 2. The lowest BCUT2D eigenvalue weighted by Gasteiger charge is -2.31. The van der Waals surface area contributed by atoms with Gasteiger partial charge in [-0.3, -0.25) is 14.9 Å². The van der Waals surface area contributed by atoms with Gasteiger partial charge in [-0.25, -0.2) is 4.79 Å². The first-order chi connectivity index (χ1) is 13.9. The van der Waals surface area contributed by atoms with Crippen LogP contribution in [0.25, 0.3) is 5.70 Å². The van der Waals surface area contributed by atoms with Crippen LogP contribution >= 0.6 is 12.2 Å². The Morgan fingerprint density at radius 3 is 2.55 bits per heavy atom. The lowest BCUT2D eigenvalue weighted by atomic mass is 9.90. The molecule has 2 aromatic carbocycles. The third-order valence-electron chi connectivity index (χ3n) is 4.25. The van der Waals surface area contributed by atoms with Crippen molar-refractivity contribution in [3.63, 3.8) is 0 Å². The van der Waals surface area contributed by atoms with Gasteiger partial charge in [0.25, 0.3) is 11.5 Å². The number of thiocarbonyl (C=S) groups is 1. The van der Waals surface area contributed by atoms with Crippen molar-refractivity contribution in [1.29, 1.82) is 0 Å². The molecule has 3 rings (SSSR count). The van der Waals surface area contributed by atoms with Crippen molar-refractivity contribution < 1.29 is 19.2 Å². The van der Waals surface area contributed by atoms with E-state index in [2.05, 4.69) is 10.6 Å². The molecule has 148 valence electrons. The molecular formula is C20H17N3O5S. The van der Waals surface area contributed by atoms with Crippen molar-refractivity contribution in [2.75, 3.05) is 6.61 Å². The summed E-state index contributed by atoms with van der Waals surface area (Å²) >= 11 is 5.28. The van der Waals surface area contributed by atoms with E-state index in [4.69, 9.17) is 17.0 Å². The number of ketones is 1. The van der Waals surface area contributed by atoms with Crippen LogP contribution in [-0.4, -0.2) is 28.4 Å². The van der Waals surface area contributed by atoms with Gasteiger partial charge in [-0.2, -0.15) is 0 Å². The van der Waals surface area contributed by atoms with E-state index in [-0.39, 0.29) is 23.0 Å². The molecule has 0 spiro atoms. The molecule has 1 aliphatic heterocycles. The fourth-order valence-corrected chi connectivity index (χ4v) is 3.24. The summed E-state index contributed by atoms with van der Waals surface area (Å²) in [4.78, 5) is 35.9. The molecule has 0 radical (unpaired) electrons. The van der Waals surface area contributed by atoms with Crippen molar-refractivity contribution in [1.82, 2.24) is 10.6 Å². The highest BCUT2D eigenvalue weighted by molar-refractivity contribution is 7.80. The summed E-state index contributed by atoms with van der Waals surface area (Å²) in [6.07, 6.45) is 0. The van der Waals surface area contributed by atoms with Crippen molar-refractivity contribution in [2.24, 2.45) is 0 Å². The van der Waals surface area contributed by atoms with E-state index >= 15 is 0 Å².